The fourth-order valence-corrected chi connectivity index (χ4v) is 0. The first-order valence-electron chi connectivity index (χ1n) is 4.29. The molecule has 0 aromatic rings. The first-order chi connectivity index (χ1) is 12.1. The smallest absolute Gasteiger partial charge is 7.00 e. The van der Waals surface area contributed by atoms with Gasteiger partial charge in [0.25, 0.3) is 0 Å². The van der Waals surface area contributed by atoms with Crippen molar-refractivity contribution in [3.05, 3.63) is 0 Å². The van der Waals surface area contributed by atoms with E-state index in [9.17, 15) is 0 Å². The van der Waals surface area contributed by atoms with Gasteiger partial charge in [-0.15, -0.1) is 0 Å². The molecule has 0 aliphatic carbocycles. The van der Waals surface area contributed by atoms with Gasteiger partial charge >= 0.3 is 246 Å². The summed E-state index contributed by atoms with van der Waals surface area (Å²) in [5.41, 5.74) is 0. The molecule has 0 aromatic carbocycles. The van der Waals surface area contributed by atoms with E-state index in [1.54, 1.807) is 0 Å². The molecule has 0 aliphatic rings. The fourth-order valence-electron chi connectivity index (χ4n) is 0. The predicted octanol–water partition coefficient (Wildman–Crippen LogP) is -17.5. The third-order valence-corrected chi connectivity index (χ3v) is 0. The predicted molar refractivity (Wildman–Crippen MR) is 4.81 cm³/mol. The molecule has 0 rings (SSSR count). The van der Waals surface area contributed by atoms with Gasteiger partial charge in [0.2, 0.25) is 0 Å². The second kappa shape index (κ2) is 54.3. The van der Waals surface area contributed by atoms with Crippen molar-refractivity contribution in [3.8, 4) is 0 Å². The van der Waals surface area contributed by atoms with Gasteiger partial charge in [0.15, 0.2) is 0 Å². The molecule has 168 valence electrons. The molecular weight excluding hydrogens is 1040 g/mol. The molecule has 0 bridgehead atoms. The van der Waals surface area contributed by atoms with Crippen molar-refractivity contribution in [1.29, 1.82) is 0 Å². The van der Waals surface area contributed by atoms with Crippen LogP contribution in [0.25, 0.3) is 0 Å². The minimum atomic E-state index is -4.08. The molecule has 0 atom stereocenters. The van der Waals surface area contributed by atoms with E-state index in [-0.39, 0.29) is 40.8 Å². The Morgan fingerprint density at radius 1 is 0.233 bits per heavy atom. The summed E-state index contributed by atoms with van der Waals surface area (Å²) in [6.07, 6.45) is 0. The van der Waals surface area contributed by atoms with Crippen LogP contribution in [0.1, 0.15) is 0 Å². The van der Waals surface area contributed by atoms with Crippen LogP contribution in [-0.2, 0) is 194 Å². The summed E-state index contributed by atoms with van der Waals surface area (Å²) >= 11 is -28.6. The van der Waals surface area contributed by atoms with Crippen molar-refractivity contribution in [2.24, 2.45) is 0 Å². The molecule has 0 spiro atoms. The molecule has 0 aromatic heterocycles. The molecule has 0 N–H and O–H groups in total. The van der Waals surface area contributed by atoms with Crippen LogP contribution in [0.5, 0.6) is 0 Å². The molecule has 0 aliphatic heterocycles. The van der Waals surface area contributed by atoms with Crippen LogP contribution in [0.4, 0.5) is 0 Å². The van der Waals surface area contributed by atoms with Crippen molar-refractivity contribution in [1.82, 2.24) is 0 Å². The van der Waals surface area contributed by atoms with Gasteiger partial charge in [-0.2, -0.15) is 0 Å². The van der Waals surface area contributed by atoms with E-state index in [1.165, 1.54) is 0 Å². The minimum Gasteiger partial charge on any atom is 7.00 e. The summed E-state index contributed by atoms with van der Waals surface area (Å²) in [6.45, 7) is 0. The molecular formula is O21Re2Ti7. The maximum atomic E-state index is 8.58. The molecule has 0 amide bonds. The summed E-state index contributed by atoms with van der Waals surface area (Å²) in [6, 6.07) is 0. The van der Waals surface area contributed by atoms with E-state index in [2.05, 4.69) is 0 Å². The zero-order valence-corrected chi connectivity index (χ0v) is 29.2. The van der Waals surface area contributed by atoms with Gasteiger partial charge < -0.3 is 0 Å². The fraction of sp³-hybridized carbons (Fsp3) is 0. The Hall–Kier alpha value is 4.36. The molecule has 0 radical (unpaired) electrons. The second-order valence-electron chi connectivity index (χ2n) is 1.75. The molecule has 0 fully saturated rings. The van der Waals surface area contributed by atoms with Crippen LogP contribution in [-0.4, -0.2) is 0 Å². The van der Waals surface area contributed by atoms with Gasteiger partial charge in [0.1, 0.15) is 0 Å². The zero-order valence-electron chi connectivity index (χ0n) is 12.8. The van der Waals surface area contributed by atoms with E-state index in [4.69, 9.17) is 74.9 Å². The van der Waals surface area contributed by atoms with Crippen molar-refractivity contribution >= 4 is 0 Å². The SMILES string of the molecule is [O]=[Ti]([O-])[O-].[O]=[Ti]([O-])[O-].[O]=[Ti]([O-])[O-].[O]=[Ti]([O-])[O-].[O]=[Ti]([O-])[O-].[O]=[Ti]([O-])[O-].[O]=[Ti]([O-])[O-].[Re+7].[Re+7]. The summed E-state index contributed by atoms with van der Waals surface area (Å²) in [4.78, 5) is 0. The average Bonchev–Trinajstić information content (AvgIpc) is 2.20. The molecule has 30 heavy (non-hydrogen) atoms. The molecule has 21 nitrogen and oxygen atoms in total. The van der Waals surface area contributed by atoms with Gasteiger partial charge in [-0.3, -0.25) is 0 Å². The molecule has 0 heterocycles. The van der Waals surface area contributed by atoms with E-state index in [0.717, 1.165) is 0 Å². The number of rotatable bonds is 0. The Kier molecular flexibility index (Phi) is 108. The summed E-state index contributed by atoms with van der Waals surface area (Å²) in [5.74, 6) is 0. The first-order valence-corrected chi connectivity index (χ1v) is 17.7. The minimum absolute atomic E-state index is 0. The van der Waals surface area contributed by atoms with E-state index in [0.29, 0.717) is 0 Å². The van der Waals surface area contributed by atoms with E-state index >= 15 is 0 Å². The molecule has 0 unspecified atom stereocenters. The Labute approximate surface area is 241 Å². The Bertz CT molecular complexity index is 312. The normalized spacial score (nSPS) is 6.07. The Morgan fingerprint density at radius 3 is 0.233 bits per heavy atom. The standard InChI is InChI=1S/21O.2Re.7Ti/q;;;;;;;14*-1;2*+7;;;;;;;. The Morgan fingerprint density at radius 2 is 0.233 bits per heavy atom. The van der Waals surface area contributed by atoms with Crippen molar-refractivity contribution < 1.29 is 246 Å². The van der Waals surface area contributed by atoms with Gasteiger partial charge in [-0.25, -0.2) is 0 Å². The third-order valence-electron chi connectivity index (χ3n) is 0. The first kappa shape index (κ1) is 59.5. The average molecular weight is 1040 g/mol. The summed E-state index contributed by atoms with van der Waals surface area (Å²) < 4.78 is 180. The topological polar surface area (TPSA) is 442 Å². The van der Waals surface area contributed by atoms with Crippen LogP contribution >= 0.6 is 0 Å². The van der Waals surface area contributed by atoms with Crippen molar-refractivity contribution in [2.75, 3.05) is 0 Å². The zero-order chi connectivity index (χ0) is 25.0. The van der Waals surface area contributed by atoms with Gasteiger partial charge in [0.05, 0.1) is 0 Å². The largest absolute Gasteiger partial charge is 7.00 e. The molecule has 0 saturated heterocycles. The van der Waals surface area contributed by atoms with Gasteiger partial charge in [-0.1, -0.05) is 0 Å². The second-order valence-corrected chi connectivity index (χ2v) is 7.22. The van der Waals surface area contributed by atoms with E-state index in [1.807, 2.05) is 0 Å². The summed E-state index contributed by atoms with van der Waals surface area (Å²) in [7, 11) is 0. The maximum Gasteiger partial charge on any atom is 7.00 e. The monoisotopic (exact) mass is 1050 g/mol. The van der Waals surface area contributed by atoms with Crippen molar-refractivity contribution in [3.63, 3.8) is 0 Å². The van der Waals surface area contributed by atoms with Crippen LogP contribution in [0.15, 0.2) is 0 Å². The van der Waals surface area contributed by atoms with Gasteiger partial charge in [0, 0.05) is 0 Å². The van der Waals surface area contributed by atoms with Crippen LogP contribution in [0.2, 0.25) is 0 Å². The van der Waals surface area contributed by atoms with Gasteiger partial charge in [-0.05, 0) is 0 Å². The van der Waals surface area contributed by atoms with Crippen LogP contribution in [0.3, 0.4) is 0 Å². The summed E-state index contributed by atoms with van der Waals surface area (Å²) in [5, 5.41) is 0. The molecule has 30 heteroatoms. The number of hydrogen-bond acceptors (Lipinski definition) is 21. The third kappa shape index (κ3) is 1670. The van der Waals surface area contributed by atoms with Crippen LogP contribution < -0.4 is 51.6 Å². The number of hydrogen-bond donors (Lipinski definition) is 0. The Balaban J connectivity index is -0.0000000242. The quantitative estimate of drug-likeness (QED) is 0.203. The van der Waals surface area contributed by atoms with Crippen molar-refractivity contribution in [2.45, 2.75) is 0 Å². The maximum absolute atomic E-state index is 8.58. The molecule has 0 saturated carbocycles. The van der Waals surface area contributed by atoms with E-state index < -0.39 is 130 Å². The van der Waals surface area contributed by atoms with Crippen LogP contribution in [0, 0.1) is 0 Å².